The van der Waals surface area contributed by atoms with Gasteiger partial charge >= 0.3 is 115 Å². The largest absolute Gasteiger partial charge is 0.477 e. The van der Waals surface area contributed by atoms with Crippen LogP contribution < -0.4 is 4.90 Å². The van der Waals surface area contributed by atoms with E-state index in [1.54, 1.807) is 4.90 Å². The van der Waals surface area contributed by atoms with Gasteiger partial charge in [-0.2, -0.15) is 11.5 Å². The average molecular weight is 393 g/mol. The van der Waals surface area contributed by atoms with Crippen molar-refractivity contribution in [2.45, 2.75) is 6.54 Å². The normalized spacial score (nSPS) is 12.7. The molecule has 0 saturated heterocycles. The van der Waals surface area contributed by atoms with Crippen molar-refractivity contribution in [3.8, 4) is 0 Å². The minimum Gasteiger partial charge on any atom is -0.477 e. The molecule has 2 heterocycles. The van der Waals surface area contributed by atoms with E-state index in [0.29, 0.717) is 6.54 Å². The van der Waals surface area contributed by atoms with E-state index in [9.17, 15) is 8.78 Å². The maximum atomic E-state index is 13.8. The second-order valence-corrected chi connectivity index (χ2v) is 6.90. The van der Waals surface area contributed by atoms with E-state index >= 15 is 0 Å². The van der Waals surface area contributed by atoms with Crippen molar-refractivity contribution in [1.29, 1.82) is 0 Å². The number of hydrogen-bond donors (Lipinski definition) is 1. The van der Waals surface area contributed by atoms with Crippen LogP contribution in [0.2, 0.25) is 0 Å². The standard InChI is InChI=1S/C14H9F2N.C8H6N.Ti/c15-12-6-3-7-13(16)14(12)17-8-10-4-1-2-5-11(10)9-17;1-2-4-8-7(3-1)5-6-9-8;/h1-7H,8H2;1-5,9H;/q;-1;+1. The molecule has 2 nitrogen and oxygen atoms in total. The summed E-state index contributed by atoms with van der Waals surface area (Å²) in [5.41, 5.74) is 3.33. The van der Waals surface area contributed by atoms with Gasteiger partial charge in [0.1, 0.15) is 0 Å². The topological polar surface area (TPSA) is 19.0 Å². The summed E-state index contributed by atoms with van der Waals surface area (Å²) in [6, 6.07) is 21.8. The van der Waals surface area contributed by atoms with Gasteiger partial charge < -0.3 is 4.98 Å². The maximum absolute atomic E-state index is 13.8. The van der Waals surface area contributed by atoms with Gasteiger partial charge in [0.05, 0.1) is 0 Å². The van der Waals surface area contributed by atoms with Crippen LogP contribution in [-0.2, 0) is 26.5 Å². The van der Waals surface area contributed by atoms with Crippen molar-refractivity contribution >= 4 is 20.5 Å². The van der Waals surface area contributed by atoms with Crippen molar-refractivity contribution in [2.75, 3.05) is 4.90 Å². The molecule has 131 valence electrons. The van der Waals surface area contributed by atoms with Crippen LogP contribution in [0.4, 0.5) is 14.5 Å². The second-order valence-electron chi connectivity index (χ2n) is 6.16. The van der Waals surface area contributed by atoms with Crippen molar-refractivity contribution in [3.63, 3.8) is 0 Å². The van der Waals surface area contributed by atoms with E-state index in [1.807, 2.05) is 68.5 Å². The first-order chi connectivity index (χ1) is 13.1. The van der Waals surface area contributed by atoms with E-state index in [0.717, 1.165) is 20.6 Å². The Labute approximate surface area is 167 Å². The first kappa shape index (κ1) is 17.8. The molecule has 0 saturated carbocycles. The molecule has 0 aliphatic carbocycles. The molecule has 1 N–H and O–H groups in total. The maximum Gasteiger partial charge on any atom is -0.0745 e. The molecule has 0 radical (unpaired) electrons. The van der Waals surface area contributed by atoms with Gasteiger partial charge in [-0.3, -0.25) is 0 Å². The average Bonchev–Trinajstić information content (AvgIpc) is 3.28. The Morgan fingerprint density at radius 1 is 0.889 bits per heavy atom. The second kappa shape index (κ2) is 7.59. The molecule has 3 aromatic carbocycles. The fourth-order valence-electron chi connectivity index (χ4n) is 3.15. The number of benzene rings is 3. The molecule has 0 spiro atoms. The zero-order chi connectivity index (χ0) is 18.8. The Kier molecular flexibility index (Phi) is 5.01. The third-order valence-corrected chi connectivity index (χ3v) is 5.32. The SMILES string of the molecule is Fc1cccc(F)c1N1Cc2ccccc2[C]1=[Ti+].[c-]1cc2ccccc2[nH]1. The molecule has 27 heavy (non-hydrogen) atoms. The van der Waals surface area contributed by atoms with Crippen LogP contribution in [0.25, 0.3) is 10.9 Å². The number of nitrogens with one attached hydrogen (secondary N) is 1. The van der Waals surface area contributed by atoms with Crippen LogP contribution in [0, 0.1) is 17.8 Å². The fraction of sp³-hybridized carbons (Fsp3) is 0.0455. The molecule has 1 aliphatic rings. The van der Waals surface area contributed by atoms with Gasteiger partial charge in [0.2, 0.25) is 0 Å². The molecular formula is C22H15F2N2Ti. The zero-order valence-electron chi connectivity index (χ0n) is 14.3. The third-order valence-electron chi connectivity index (χ3n) is 4.47. The van der Waals surface area contributed by atoms with Crippen molar-refractivity contribution < 1.29 is 28.8 Å². The van der Waals surface area contributed by atoms with E-state index in [1.165, 1.54) is 23.6 Å². The van der Waals surface area contributed by atoms with Crippen molar-refractivity contribution in [1.82, 2.24) is 4.98 Å². The van der Waals surface area contributed by atoms with Gasteiger partial charge in [0.15, 0.2) is 0 Å². The number of halogens is 2. The number of hydrogen-bond acceptors (Lipinski definition) is 1. The van der Waals surface area contributed by atoms with E-state index < -0.39 is 11.6 Å². The number of nitrogens with zero attached hydrogens (tertiary/aromatic N) is 1. The summed E-state index contributed by atoms with van der Waals surface area (Å²) in [6.45, 7) is 0.514. The molecule has 1 aliphatic heterocycles. The molecule has 0 fully saturated rings. The number of rotatable bonds is 1. The van der Waals surface area contributed by atoms with Crippen molar-refractivity contribution in [2.24, 2.45) is 0 Å². The Bertz CT molecular complexity index is 1070. The summed E-state index contributed by atoms with van der Waals surface area (Å²) < 4.78 is 28.5. The Hall–Kier alpha value is -2.56. The van der Waals surface area contributed by atoms with Gasteiger partial charge in [-0.25, -0.2) is 0 Å². The minimum atomic E-state index is -0.526. The summed E-state index contributed by atoms with van der Waals surface area (Å²) in [4.78, 5) is 4.68. The van der Waals surface area contributed by atoms with Crippen molar-refractivity contribution in [3.05, 3.63) is 102 Å². The van der Waals surface area contributed by atoms with Crippen LogP contribution in [0.5, 0.6) is 0 Å². The van der Waals surface area contributed by atoms with Crippen LogP contribution in [-0.4, -0.2) is 8.92 Å². The fourth-order valence-corrected chi connectivity index (χ4v) is 3.83. The number of aromatic nitrogens is 1. The van der Waals surface area contributed by atoms with Gasteiger partial charge in [-0.05, 0) is 0 Å². The van der Waals surface area contributed by atoms with E-state index in [2.05, 4.69) is 17.2 Å². The molecule has 5 heteroatoms. The van der Waals surface area contributed by atoms with Gasteiger partial charge in [-0.15, -0.1) is 23.8 Å². The first-order valence-electron chi connectivity index (χ1n) is 8.47. The molecule has 0 amide bonds. The molecular weight excluding hydrogens is 378 g/mol. The predicted octanol–water partition coefficient (Wildman–Crippen LogP) is 4.98. The quantitative estimate of drug-likeness (QED) is 0.357. The molecule has 1 aromatic heterocycles. The van der Waals surface area contributed by atoms with Crippen LogP contribution in [0.15, 0.2) is 72.8 Å². The number of H-pyrrole nitrogens is 1. The summed E-state index contributed by atoms with van der Waals surface area (Å²) in [6.07, 6.45) is 2.91. The third kappa shape index (κ3) is 3.51. The van der Waals surface area contributed by atoms with Gasteiger partial charge in [0, 0.05) is 0 Å². The molecule has 0 atom stereocenters. The summed E-state index contributed by atoms with van der Waals surface area (Å²) in [5.74, 6) is -1.05. The van der Waals surface area contributed by atoms with E-state index in [4.69, 9.17) is 0 Å². The monoisotopic (exact) mass is 393 g/mol. The van der Waals surface area contributed by atoms with Gasteiger partial charge in [0.25, 0.3) is 0 Å². The molecule has 4 aromatic rings. The van der Waals surface area contributed by atoms with Crippen LogP contribution in [0.3, 0.4) is 0 Å². The zero-order valence-corrected chi connectivity index (χ0v) is 15.9. The van der Waals surface area contributed by atoms with Crippen LogP contribution >= 0.6 is 0 Å². The Balaban J connectivity index is 0.000000167. The van der Waals surface area contributed by atoms with Crippen LogP contribution in [0.1, 0.15) is 11.1 Å². The number of para-hydroxylation sites is 2. The number of aromatic amines is 1. The summed E-state index contributed by atoms with van der Waals surface area (Å²) in [5, 5.41) is 1.22. The first-order valence-corrected chi connectivity index (χ1v) is 9.25. The molecule has 0 unspecified atom stereocenters. The van der Waals surface area contributed by atoms with Gasteiger partial charge in [-0.1, -0.05) is 12.1 Å². The molecule has 5 rings (SSSR count). The minimum absolute atomic E-state index is 0.0335. The van der Waals surface area contributed by atoms with E-state index in [-0.39, 0.29) is 5.69 Å². The Morgan fingerprint density at radius 2 is 1.59 bits per heavy atom. The number of fused-ring (bicyclic) bond motifs is 2. The predicted molar refractivity (Wildman–Crippen MR) is 100 cm³/mol. The summed E-state index contributed by atoms with van der Waals surface area (Å²) >= 11 is 1.89. The number of anilines is 1. The summed E-state index contributed by atoms with van der Waals surface area (Å²) in [7, 11) is 0. The molecule has 0 bridgehead atoms. The Morgan fingerprint density at radius 3 is 2.33 bits per heavy atom. The smallest absolute Gasteiger partial charge is 0.0745 e.